The summed E-state index contributed by atoms with van der Waals surface area (Å²) >= 11 is 0.947. The number of ether oxygens (including phenoxy) is 3. The van der Waals surface area contributed by atoms with Gasteiger partial charge in [0.25, 0.3) is 5.91 Å². The van der Waals surface area contributed by atoms with Gasteiger partial charge < -0.3 is 19.5 Å². The van der Waals surface area contributed by atoms with Crippen LogP contribution in [0, 0.1) is 6.92 Å². The van der Waals surface area contributed by atoms with Gasteiger partial charge >= 0.3 is 11.9 Å². The third-order valence-electron chi connectivity index (χ3n) is 4.24. The standard InChI is InChI=1S/C22H19NO6S/c1-13-17(21(25)27-2)20(30-18(13)22(26)28-3)23-19(24)15-11-7-8-12-16(15)29-14-9-5-4-6-10-14/h4-12H,1-3H3,(H,23,24). The number of carbonyl (C=O) groups excluding carboxylic acids is 3. The average molecular weight is 425 g/mol. The molecule has 0 saturated carbocycles. The van der Waals surface area contributed by atoms with Gasteiger partial charge in [0.15, 0.2) is 0 Å². The Kier molecular flexibility index (Phi) is 6.48. The van der Waals surface area contributed by atoms with Crippen molar-refractivity contribution in [3.05, 3.63) is 76.2 Å². The van der Waals surface area contributed by atoms with Gasteiger partial charge in [-0.25, -0.2) is 9.59 Å². The fourth-order valence-electron chi connectivity index (χ4n) is 2.77. The topological polar surface area (TPSA) is 90.9 Å². The van der Waals surface area contributed by atoms with E-state index in [1.807, 2.05) is 18.2 Å². The molecule has 0 saturated heterocycles. The van der Waals surface area contributed by atoms with Gasteiger partial charge in [0.2, 0.25) is 0 Å². The highest BCUT2D eigenvalue weighted by molar-refractivity contribution is 7.18. The van der Waals surface area contributed by atoms with Crippen LogP contribution in [0.15, 0.2) is 54.6 Å². The van der Waals surface area contributed by atoms with Gasteiger partial charge in [0, 0.05) is 0 Å². The van der Waals surface area contributed by atoms with Crippen LogP contribution in [-0.2, 0) is 9.47 Å². The second-order valence-corrected chi connectivity index (χ2v) is 7.13. The summed E-state index contributed by atoms with van der Waals surface area (Å²) < 4.78 is 15.4. The summed E-state index contributed by atoms with van der Waals surface area (Å²) in [5.74, 6) is -0.835. The Morgan fingerprint density at radius 3 is 2.17 bits per heavy atom. The molecule has 30 heavy (non-hydrogen) atoms. The Labute approximate surface area is 177 Å². The average Bonchev–Trinajstić information content (AvgIpc) is 3.09. The summed E-state index contributed by atoms with van der Waals surface area (Å²) in [5.41, 5.74) is 0.753. The third kappa shape index (κ3) is 4.33. The Bertz CT molecular complexity index is 1090. The van der Waals surface area contributed by atoms with E-state index < -0.39 is 17.8 Å². The summed E-state index contributed by atoms with van der Waals surface area (Å²) in [6.45, 7) is 1.59. The van der Waals surface area contributed by atoms with E-state index in [0.29, 0.717) is 17.1 Å². The molecule has 3 rings (SSSR count). The molecule has 0 spiro atoms. The first kappa shape index (κ1) is 21.1. The molecule has 8 heteroatoms. The van der Waals surface area contributed by atoms with E-state index in [9.17, 15) is 14.4 Å². The van der Waals surface area contributed by atoms with Gasteiger partial charge in [-0.2, -0.15) is 0 Å². The molecule has 3 aromatic rings. The van der Waals surface area contributed by atoms with Crippen molar-refractivity contribution in [2.75, 3.05) is 19.5 Å². The number of anilines is 1. The van der Waals surface area contributed by atoms with Crippen molar-refractivity contribution in [2.45, 2.75) is 6.92 Å². The van der Waals surface area contributed by atoms with E-state index >= 15 is 0 Å². The van der Waals surface area contributed by atoms with Crippen molar-refractivity contribution in [2.24, 2.45) is 0 Å². The highest BCUT2D eigenvalue weighted by atomic mass is 32.1. The van der Waals surface area contributed by atoms with Gasteiger partial charge in [0.1, 0.15) is 21.4 Å². The number of benzene rings is 2. The van der Waals surface area contributed by atoms with Crippen LogP contribution in [-0.4, -0.2) is 32.1 Å². The van der Waals surface area contributed by atoms with Crippen molar-refractivity contribution in [3.63, 3.8) is 0 Å². The molecule has 154 valence electrons. The Balaban J connectivity index is 1.95. The number of carbonyl (C=O) groups is 3. The Morgan fingerprint density at radius 2 is 1.50 bits per heavy atom. The molecular formula is C22H19NO6S. The number of nitrogens with one attached hydrogen (secondary N) is 1. The highest BCUT2D eigenvalue weighted by Crippen LogP contribution is 2.35. The van der Waals surface area contributed by atoms with E-state index in [0.717, 1.165) is 11.3 Å². The molecule has 0 fully saturated rings. The molecule has 0 radical (unpaired) electrons. The predicted molar refractivity (Wildman–Crippen MR) is 113 cm³/mol. The van der Waals surface area contributed by atoms with E-state index in [1.165, 1.54) is 14.2 Å². The maximum atomic E-state index is 13.0. The molecule has 1 heterocycles. The number of para-hydroxylation sites is 2. The smallest absolute Gasteiger partial charge is 0.348 e. The number of amides is 1. The zero-order valence-corrected chi connectivity index (χ0v) is 17.4. The Hall–Kier alpha value is -3.65. The van der Waals surface area contributed by atoms with Crippen molar-refractivity contribution in [1.82, 2.24) is 0 Å². The van der Waals surface area contributed by atoms with Crippen LogP contribution in [0.2, 0.25) is 0 Å². The van der Waals surface area contributed by atoms with E-state index in [4.69, 9.17) is 14.2 Å². The second kappa shape index (κ2) is 9.23. The molecule has 0 atom stereocenters. The van der Waals surface area contributed by atoms with Crippen LogP contribution in [0.25, 0.3) is 0 Å². The van der Waals surface area contributed by atoms with Crippen molar-refractivity contribution in [1.29, 1.82) is 0 Å². The number of hydrogen-bond donors (Lipinski definition) is 1. The number of methoxy groups -OCH3 is 2. The molecule has 0 aliphatic heterocycles. The van der Waals surface area contributed by atoms with Crippen molar-refractivity contribution >= 4 is 34.2 Å². The molecule has 1 N–H and O–H groups in total. The third-order valence-corrected chi connectivity index (χ3v) is 5.42. The lowest BCUT2D eigenvalue weighted by Crippen LogP contribution is -2.15. The maximum Gasteiger partial charge on any atom is 0.348 e. The van der Waals surface area contributed by atoms with Crippen LogP contribution in [0.5, 0.6) is 11.5 Å². The molecular weight excluding hydrogens is 406 g/mol. The predicted octanol–water partition coefficient (Wildman–Crippen LogP) is 4.67. The quantitative estimate of drug-likeness (QED) is 0.577. The molecule has 0 aliphatic rings. The van der Waals surface area contributed by atoms with Crippen LogP contribution in [0.1, 0.15) is 36.0 Å². The van der Waals surface area contributed by atoms with Crippen molar-refractivity contribution in [3.8, 4) is 11.5 Å². The normalized spacial score (nSPS) is 10.2. The van der Waals surface area contributed by atoms with Gasteiger partial charge in [-0.05, 0) is 36.8 Å². The van der Waals surface area contributed by atoms with Crippen molar-refractivity contribution < 1.29 is 28.6 Å². The molecule has 0 aliphatic carbocycles. The van der Waals surface area contributed by atoms with Gasteiger partial charge in [-0.3, -0.25) is 4.79 Å². The highest BCUT2D eigenvalue weighted by Gasteiger charge is 2.27. The SMILES string of the molecule is COC(=O)c1sc(NC(=O)c2ccccc2Oc2ccccc2)c(C(=O)OC)c1C. The molecule has 2 aromatic carbocycles. The van der Waals surface area contributed by atoms with Gasteiger partial charge in [0.05, 0.1) is 25.3 Å². The minimum atomic E-state index is -0.664. The molecule has 0 unspecified atom stereocenters. The summed E-state index contributed by atoms with van der Waals surface area (Å²) in [6.07, 6.45) is 0. The summed E-state index contributed by atoms with van der Waals surface area (Å²) in [7, 11) is 2.47. The fraction of sp³-hybridized carbons (Fsp3) is 0.136. The monoisotopic (exact) mass is 425 g/mol. The number of hydrogen-bond acceptors (Lipinski definition) is 7. The molecule has 7 nitrogen and oxygen atoms in total. The number of thiophene rings is 1. The van der Waals surface area contributed by atoms with Crippen LogP contribution >= 0.6 is 11.3 Å². The van der Waals surface area contributed by atoms with E-state index in [-0.39, 0.29) is 21.0 Å². The second-order valence-electron chi connectivity index (χ2n) is 6.11. The summed E-state index contributed by atoms with van der Waals surface area (Å²) in [4.78, 5) is 37.5. The largest absolute Gasteiger partial charge is 0.465 e. The molecule has 1 aromatic heterocycles. The molecule has 1 amide bonds. The number of esters is 2. The van der Waals surface area contributed by atoms with Gasteiger partial charge in [-0.15, -0.1) is 11.3 Å². The van der Waals surface area contributed by atoms with E-state index in [1.54, 1.807) is 43.3 Å². The first-order valence-electron chi connectivity index (χ1n) is 8.89. The zero-order chi connectivity index (χ0) is 21.7. The van der Waals surface area contributed by atoms with E-state index in [2.05, 4.69) is 5.32 Å². The lowest BCUT2D eigenvalue weighted by Gasteiger charge is -2.11. The molecule has 0 bridgehead atoms. The van der Waals surface area contributed by atoms with Crippen LogP contribution in [0.3, 0.4) is 0 Å². The summed E-state index contributed by atoms with van der Waals surface area (Å²) in [6, 6.07) is 15.8. The minimum absolute atomic E-state index is 0.109. The summed E-state index contributed by atoms with van der Waals surface area (Å²) in [5, 5.41) is 2.89. The van der Waals surface area contributed by atoms with Gasteiger partial charge in [-0.1, -0.05) is 30.3 Å². The zero-order valence-electron chi connectivity index (χ0n) is 16.6. The lowest BCUT2D eigenvalue weighted by molar-refractivity contribution is 0.0601. The first-order chi connectivity index (χ1) is 14.5. The maximum absolute atomic E-state index is 13.0. The van der Waals surface area contributed by atoms with Crippen LogP contribution < -0.4 is 10.1 Å². The lowest BCUT2D eigenvalue weighted by atomic mass is 10.1. The number of rotatable bonds is 6. The first-order valence-corrected chi connectivity index (χ1v) is 9.71. The minimum Gasteiger partial charge on any atom is -0.465 e. The Morgan fingerprint density at radius 1 is 0.867 bits per heavy atom. The fourth-order valence-corrected chi connectivity index (χ4v) is 3.87. The van der Waals surface area contributed by atoms with Crippen LogP contribution in [0.4, 0.5) is 5.00 Å².